The molecule has 2 rings (SSSR count). The molecule has 1 aromatic carbocycles. The molecule has 23 heavy (non-hydrogen) atoms. The van der Waals surface area contributed by atoms with Crippen molar-refractivity contribution in [2.45, 2.75) is 20.4 Å². The molecular formula is C16H21N3O4. The summed E-state index contributed by atoms with van der Waals surface area (Å²) in [5.74, 6) is 1.25. The van der Waals surface area contributed by atoms with Crippen molar-refractivity contribution in [3.8, 4) is 17.2 Å². The van der Waals surface area contributed by atoms with E-state index >= 15 is 0 Å². The predicted octanol–water partition coefficient (Wildman–Crippen LogP) is 2.16. The second-order valence-corrected chi connectivity index (χ2v) is 5.05. The van der Waals surface area contributed by atoms with E-state index < -0.39 is 0 Å². The topological polar surface area (TPSA) is 74.6 Å². The smallest absolute Gasteiger partial charge is 0.246 e. The Hall–Kier alpha value is -2.70. The normalized spacial score (nSPS) is 10.3. The summed E-state index contributed by atoms with van der Waals surface area (Å²) < 4.78 is 17.4. The Bertz CT molecular complexity index is 684. The fourth-order valence-electron chi connectivity index (χ4n) is 2.32. The monoisotopic (exact) mass is 319 g/mol. The maximum absolute atomic E-state index is 12.2. The van der Waals surface area contributed by atoms with Gasteiger partial charge in [0.25, 0.3) is 0 Å². The van der Waals surface area contributed by atoms with E-state index in [9.17, 15) is 4.79 Å². The van der Waals surface area contributed by atoms with Crippen LogP contribution in [-0.2, 0) is 11.3 Å². The molecule has 0 aliphatic carbocycles. The maximum atomic E-state index is 12.2. The minimum atomic E-state index is -0.189. The fraction of sp³-hybridized carbons (Fsp3) is 0.375. The zero-order chi connectivity index (χ0) is 17.0. The molecule has 7 nitrogen and oxygen atoms in total. The van der Waals surface area contributed by atoms with E-state index in [1.54, 1.807) is 16.8 Å². The third-order valence-corrected chi connectivity index (χ3v) is 3.35. The number of carbonyl (C=O) groups is 1. The Kier molecular flexibility index (Phi) is 5.10. The lowest BCUT2D eigenvalue weighted by molar-refractivity contribution is -0.116. The van der Waals surface area contributed by atoms with Crippen LogP contribution in [0.4, 0.5) is 5.69 Å². The number of aromatic nitrogens is 2. The third kappa shape index (κ3) is 3.74. The standard InChI is InChI=1S/C16H21N3O4/c1-10-6-11(2)19(18-10)9-15(20)17-12-7-13(21-3)16(23-5)14(8-12)22-4/h6-8H,9H2,1-5H3,(H,17,20). The molecule has 0 fully saturated rings. The quantitative estimate of drug-likeness (QED) is 0.883. The lowest BCUT2D eigenvalue weighted by Gasteiger charge is -2.14. The van der Waals surface area contributed by atoms with Crippen molar-refractivity contribution in [3.63, 3.8) is 0 Å². The van der Waals surface area contributed by atoms with Gasteiger partial charge in [0.15, 0.2) is 11.5 Å². The van der Waals surface area contributed by atoms with Crippen molar-refractivity contribution in [2.75, 3.05) is 26.6 Å². The highest BCUT2D eigenvalue weighted by molar-refractivity contribution is 5.91. The highest BCUT2D eigenvalue weighted by Crippen LogP contribution is 2.39. The van der Waals surface area contributed by atoms with Gasteiger partial charge >= 0.3 is 0 Å². The minimum Gasteiger partial charge on any atom is -0.493 e. The SMILES string of the molecule is COc1cc(NC(=O)Cn2nc(C)cc2C)cc(OC)c1OC. The molecule has 1 heterocycles. The Morgan fingerprint density at radius 3 is 2.13 bits per heavy atom. The van der Waals surface area contributed by atoms with E-state index in [0.29, 0.717) is 22.9 Å². The third-order valence-electron chi connectivity index (χ3n) is 3.35. The van der Waals surface area contributed by atoms with Gasteiger partial charge in [-0.25, -0.2) is 0 Å². The number of rotatable bonds is 6. The van der Waals surface area contributed by atoms with Crippen molar-refractivity contribution in [3.05, 3.63) is 29.6 Å². The van der Waals surface area contributed by atoms with E-state index in [1.807, 2.05) is 19.9 Å². The highest BCUT2D eigenvalue weighted by Gasteiger charge is 2.15. The van der Waals surface area contributed by atoms with Gasteiger partial charge in [0.2, 0.25) is 11.7 Å². The number of anilines is 1. The number of amides is 1. The van der Waals surface area contributed by atoms with Crippen LogP contribution >= 0.6 is 0 Å². The molecule has 2 aromatic rings. The molecule has 0 atom stereocenters. The highest BCUT2D eigenvalue weighted by atomic mass is 16.5. The molecule has 7 heteroatoms. The summed E-state index contributed by atoms with van der Waals surface area (Å²) in [5.41, 5.74) is 2.37. The molecule has 0 saturated heterocycles. The number of hydrogen-bond donors (Lipinski definition) is 1. The first kappa shape index (κ1) is 16.7. The number of methoxy groups -OCH3 is 3. The van der Waals surface area contributed by atoms with Gasteiger partial charge in [0.05, 0.1) is 27.0 Å². The van der Waals surface area contributed by atoms with E-state index in [4.69, 9.17) is 14.2 Å². The summed E-state index contributed by atoms with van der Waals surface area (Å²) >= 11 is 0. The Balaban J connectivity index is 2.19. The number of nitrogens with one attached hydrogen (secondary N) is 1. The number of benzene rings is 1. The molecule has 0 radical (unpaired) electrons. The largest absolute Gasteiger partial charge is 0.493 e. The van der Waals surface area contributed by atoms with Crippen molar-refractivity contribution < 1.29 is 19.0 Å². The second kappa shape index (κ2) is 7.04. The van der Waals surface area contributed by atoms with Crippen LogP contribution in [0.15, 0.2) is 18.2 Å². The van der Waals surface area contributed by atoms with Gasteiger partial charge in [0, 0.05) is 23.5 Å². The first-order valence-corrected chi connectivity index (χ1v) is 7.09. The average Bonchev–Trinajstić information content (AvgIpc) is 2.83. The molecular weight excluding hydrogens is 298 g/mol. The Labute approximate surface area is 135 Å². The second-order valence-electron chi connectivity index (χ2n) is 5.05. The van der Waals surface area contributed by atoms with Crippen LogP contribution in [0, 0.1) is 13.8 Å². The van der Waals surface area contributed by atoms with Gasteiger partial charge in [-0.2, -0.15) is 5.10 Å². The van der Waals surface area contributed by atoms with Crippen molar-refractivity contribution in [1.29, 1.82) is 0 Å². The van der Waals surface area contributed by atoms with Crippen molar-refractivity contribution >= 4 is 11.6 Å². The van der Waals surface area contributed by atoms with Gasteiger partial charge in [-0.1, -0.05) is 0 Å². The minimum absolute atomic E-state index is 0.135. The molecule has 0 saturated carbocycles. The summed E-state index contributed by atoms with van der Waals surface area (Å²) in [6.45, 7) is 3.93. The fourth-order valence-corrected chi connectivity index (χ4v) is 2.32. The van der Waals surface area contributed by atoms with Gasteiger partial charge in [-0.3, -0.25) is 9.48 Å². The summed E-state index contributed by atoms with van der Waals surface area (Å²) in [7, 11) is 4.58. The van der Waals surface area contributed by atoms with Crippen LogP contribution in [0.1, 0.15) is 11.4 Å². The van der Waals surface area contributed by atoms with E-state index in [2.05, 4.69) is 10.4 Å². The summed E-state index contributed by atoms with van der Waals surface area (Å²) in [5, 5.41) is 7.09. The number of carbonyl (C=O) groups excluding carboxylic acids is 1. The molecule has 0 aliphatic rings. The number of ether oxygens (including phenoxy) is 3. The van der Waals surface area contributed by atoms with Gasteiger partial charge in [0.1, 0.15) is 6.54 Å². The lowest BCUT2D eigenvalue weighted by Crippen LogP contribution is -2.20. The molecule has 1 amide bonds. The molecule has 0 aliphatic heterocycles. The van der Waals surface area contributed by atoms with Crippen LogP contribution < -0.4 is 19.5 Å². The molecule has 0 spiro atoms. The molecule has 0 unspecified atom stereocenters. The summed E-state index contributed by atoms with van der Waals surface area (Å²) in [4.78, 5) is 12.2. The molecule has 0 bridgehead atoms. The zero-order valence-electron chi connectivity index (χ0n) is 14.0. The van der Waals surface area contributed by atoms with Crippen molar-refractivity contribution in [1.82, 2.24) is 9.78 Å². The number of aryl methyl sites for hydroxylation is 2. The van der Waals surface area contributed by atoms with Gasteiger partial charge in [-0.15, -0.1) is 0 Å². The van der Waals surface area contributed by atoms with Crippen LogP contribution in [0.25, 0.3) is 0 Å². The maximum Gasteiger partial charge on any atom is 0.246 e. The number of hydrogen-bond acceptors (Lipinski definition) is 5. The Morgan fingerprint density at radius 1 is 1.09 bits per heavy atom. The van der Waals surface area contributed by atoms with Crippen molar-refractivity contribution in [2.24, 2.45) is 0 Å². The summed E-state index contributed by atoms with van der Waals surface area (Å²) in [6, 6.07) is 5.29. The van der Waals surface area contributed by atoms with Crippen LogP contribution in [0.3, 0.4) is 0 Å². The van der Waals surface area contributed by atoms with Crippen LogP contribution in [0.2, 0.25) is 0 Å². The zero-order valence-corrected chi connectivity index (χ0v) is 14.0. The van der Waals surface area contributed by atoms with E-state index in [-0.39, 0.29) is 12.5 Å². The molecule has 124 valence electrons. The first-order chi connectivity index (χ1) is 11.0. The number of nitrogens with zero attached hydrogens (tertiary/aromatic N) is 2. The Morgan fingerprint density at radius 2 is 1.70 bits per heavy atom. The summed E-state index contributed by atoms with van der Waals surface area (Å²) in [6.07, 6.45) is 0. The van der Waals surface area contributed by atoms with Gasteiger partial charge in [-0.05, 0) is 19.9 Å². The van der Waals surface area contributed by atoms with E-state index in [0.717, 1.165) is 11.4 Å². The van der Waals surface area contributed by atoms with E-state index in [1.165, 1.54) is 21.3 Å². The van der Waals surface area contributed by atoms with Crippen LogP contribution in [-0.4, -0.2) is 37.0 Å². The average molecular weight is 319 g/mol. The molecule has 1 aromatic heterocycles. The van der Waals surface area contributed by atoms with Crippen LogP contribution in [0.5, 0.6) is 17.2 Å². The molecule has 1 N–H and O–H groups in total. The predicted molar refractivity (Wildman–Crippen MR) is 86.4 cm³/mol. The lowest BCUT2D eigenvalue weighted by atomic mass is 10.2. The van der Waals surface area contributed by atoms with Gasteiger partial charge < -0.3 is 19.5 Å². The first-order valence-electron chi connectivity index (χ1n) is 7.09.